The van der Waals surface area contributed by atoms with Crippen LogP contribution in [0.15, 0.2) is 36.4 Å². The number of aromatic hydroxyl groups is 1. The van der Waals surface area contributed by atoms with Crippen LogP contribution in [0.25, 0.3) is 6.08 Å². The van der Waals surface area contributed by atoms with Crippen molar-refractivity contribution in [1.29, 1.82) is 0 Å². The van der Waals surface area contributed by atoms with Gasteiger partial charge in [-0.05, 0) is 67.3 Å². The first-order chi connectivity index (χ1) is 12.5. The molecule has 0 amide bonds. The van der Waals surface area contributed by atoms with Crippen molar-refractivity contribution in [2.45, 2.75) is 33.6 Å². The van der Waals surface area contributed by atoms with Crippen LogP contribution in [0.2, 0.25) is 0 Å². The van der Waals surface area contributed by atoms with E-state index in [0.717, 1.165) is 29.5 Å². The minimum atomic E-state index is -0.241. The number of phenolic OH excluding ortho intramolecular Hbond substituents is 1. The predicted molar refractivity (Wildman–Crippen MR) is 104 cm³/mol. The summed E-state index contributed by atoms with van der Waals surface area (Å²) in [5.41, 5.74) is 3.05. The summed E-state index contributed by atoms with van der Waals surface area (Å²) in [5, 5.41) is 10.0. The standard InChI is InChI=1S/C22H26O4/c1-5-6-11-26-22-14-17(8-10-21(22)25-4)7-9-19(23)18-12-15(2)16(3)13-20(18)24/h7-10,12-14,24H,5-6,11H2,1-4H3/b9-7+. The molecule has 2 aromatic carbocycles. The van der Waals surface area contributed by atoms with Crippen LogP contribution in [0.5, 0.6) is 17.2 Å². The smallest absolute Gasteiger partial charge is 0.189 e. The van der Waals surface area contributed by atoms with Gasteiger partial charge in [-0.15, -0.1) is 0 Å². The molecular weight excluding hydrogens is 328 g/mol. The molecule has 0 bridgehead atoms. The molecule has 0 aromatic heterocycles. The zero-order chi connectivity index (χ0) is 19.1. The van der Waals surface area contributed by atoms with E-state index in [1.807, 2.05) is 32.0 Å². The van der Waals surface area contributed by atoms with Crippen LogP contribution in [-0.2, 0) is 0 Å². The van der Waals surface area contributed by atoms with Gasteiger partial charge in [0.1, 0.15) is 5.75 Å². The van der Waals surface area contributed by atoms with Crippen molar-refractivity contribution >= 4 is 11.9 Å². The summed E-state index contributed by atoms with van der Waals surface area (Å²) in [7, 11) is 1.60. The Morgan fingerprint density at radius 2 is 1.85 bits per heavy atom. The second-order valence-electron chi connectivity index (χ2n) is 6.26. The van der Waals surface area contributed by atoms with E-state index in [2.05, 4.69) is 6.92 Å². The van der Waals surface area contributed by atoms with Gasteiger partial charge in [-0.1, -0.05) is 25.5 Å². The van der Waals surface area contributed by atoms with Crippen molar-refractivity contribution in [2.24, 2.45) is 0 Å². The first-order valence-electron chi connectivity index (χ1n) is 8.79. The van der Waals surface area contributed by atoms with Gasteiger partial charge in [-0.2, -0.15) is 0 Å². The van der Waals surface area contributed by atoms with Gasteiger partial charge in [0, 0.05) is 0 Å². The van der Waals surface area contributed by atoms with Gasteiger partial charge in [-0.3, -0.25) is 4.79 Å². The molecular formula is C22H26O4. The molecule has 0 saturated carbocycles. The fraction of sp³-hybridized carbons (Fsp3) is 0.318. The monoisotopic (exact) mass is 354 g/mol. The molecule has 0 unspecified atom stereocenters. The van der Waals surface area contributed by atoms with Crippen LogP contribution in [0.3, 0.4) is 0 Å². The van der Waals surface area contributed by atoms with Crippen molar-refractivity contribution in [1.82, 2.24) is 0 Å². The molecule has 2 aromatic rings. The highest BCUT2D eigenvalue weighted by molar-refractivity contribution is 6.08. The molecule has 4 nitrogen and oxygen atoms in total. The molecule has 2 rings (SSSR count). The molecule has 0 radical (unpaired) electrons. The lowest BCUT2D eigenvalue weighted by Crippen LogP contribution is -1.99. The van der Waals surface area contributed by atoms with Crippen LogP contribution in [0, 0.1) is 13.8 Å². The second kappa shape index (κ2) is 9.09. The average Bonchev–Trinajstić information content (AvgIpc) is 2.63. The van der Waals surface area contributed by atoms with Crippen LogP contribution in [-0.4, -0.2) is 24.6 Å². The lowest BCUT2D eigenvalue weighted by molar-refractivity contribution is 0.104. The zero-order valence-corrected chi connectivity index (χ0v) is 15.8. The average molecular weight is 354 g/mol. The molecule has 0 saturated heterocycles. The van der Waals surface area contributed by atoms with E-state index in [1.54, 1.807) is 25.3 Å². The molecule has 0 heterocycles. The van der Waals surface area contributed by atoms with Crippen LogP contribution < -0.4 is 9.47 Å². The first-order valence-corrected chi connectivity index (χ1v) is 8.79. The third-order valence-electron chi connectivity index (χ3n) is 4.25. The van der Waals surface area contributed by atoms with Gasteiger partial charge in [0.15, 0.2) is 17.3 Å². The summed E-state index contributed by atoms with van der Waals surface area (Å²) >= 11 is 0. The number of carbonyl (C=O) groups excluding carboxylic acids is 1. The normalized spacial score (nSPS) is 10.9. The summed E-state index contributed by atoms with van der Waals surface area (Å²) in [4.78, 5) is 12.4. The van der Waals surface area contributed by atoms with Gasteiger partial charge in [0.2, 0.25) is 0 Å². The van der Waals surface area contributed by atoms with Gasteiger partial charge >= 0.3 is 0 Å². The Hall–Kier alpha value is -2.75. The minimum absolute atomic E-state index is 0.000990. The molecule has 0 atom stereocenters. The Morgan fingerprint density at radius 1 is 1.12 bits per heavy atom. The van der Waals surface area contributed by atoms with E-state index in [0.29, 0.717) is 23.7 Å². The Balaban J connectivity index is 2.20. The van der Waals surface area contributed by atoms with E-state index in [1.165, 1.54) is 6.08 Å². The topological polar surface area (TPSA) is 55.8 Å². The van der Waals surface area contributed by atoms with Gasteiger partial charge in [-0.25, -0.2) is 0 Å². The van der Waals surface area contributed by atoms with E-state index in [9.17, 15) is 9.90 Å². The first kappa shape index (κ1) is 19.6. The van der Waals surface area contributed by atoms with Gasteiger partial charge < -0.3 is 14.6 Å². The second-order valence-corrected chi connectivity index (χ2v) is 6.26. The number of aryl methyl sites for hydroxylation is 2. The number of rotatable bonds is 8. The number of carbonyl (C=O) groups is 1. The number of benzene rings is 2. The number of hydrogen-bond acceptors (Lipinski definition) is 4. The quantitative estimate of drug-likeness (QED) is 0.407. The lowest BCUT2D eigenvalue weighted by atomic mass is 10.0. The fourth-order valence-corrected chi connectivity index (χ4v) is 2.50. The SMILES string of the molecule is CCCCOc1cc(/C=C/C(=O)c2cc(C)c(C)cc2O)ccc1OC. The molecule has 0 aliphatic carbocycles. The van der Waals surface area contributed by atoms with Gasteiger partial charge in [0.05, 0.1) is 19.3 Å². The Kier molecular flexibility index (Phi) is 6.84. The summed E-state index contributed by atoms with van der Waals surface area (Å²) in [6.07, 6.45) is 5.19. The Labute approximate surface area is 155 Å². The van der Waals surface area contributed by atoms with E-state index >= 15 is 0 Å². The number of hydrogen-bond donors (Lipinski definition) is 1. The van der Waals surface area contributed by atoms with Crippen molar-refractivity contribution in [3.05, 3.63) is 58.7 Å². The number of phenols is 1. The molecule has 26 heavy (non-hydrogen) atoms. The molecule has 1 N–H and O–H groups in total. The van der Waals surface area contributed by atoms with Crippen molar-refractivity contribution < 1.29 is 19.4 Å². The third-order valence-corrected chi connectivity index (χ3v) is 4.25. The predicted octanol–water partition coefficient (Wildman–Crippen LogP) is 5.09. The van der Waals surface area contributed by atoms with E-state index < -0.39 is 0 Å². The van der Waals surface area contributed by atoms with Crippen molar-refractivity contribution in [3.8, 4) is 17.2 Å². The number of methoxy groups -OCH3 is 1. The number of ketones is 1. The minimum Gasteiger partial charge on any atom is -0.507 e. The van der Waals surface area contributed by atoms with Crippen LogP contribution in [0.1, 0.15) is 46.8 Å². The van der Waals surface area contributed by atoms with Crippen LogP contribution in [0.4, 0.5) is 0 Å². The summed E-state index contributed by atoms with van der Waals surface area (Å²) in [6.45, 7) is 6.54. The third kappa shape index (κ3) is 4.88. The summed E-state index contributed by atoms with van der Waals surface area (Å²) in [5.74, 6) is 1.08. The molecule has 0 aliphatic heterocycles. The largest absolute Gasteiger partial charge is 0.507 e. The van der Waals surface area contributed by atoms with Crippen molar-refractivity contribution in [2.75, 3.05) is 13.7 Å². The lowest BCUT2D eigenvalue weighted by Gasteiger charge is -2.11. The molecule has 0 fully saturated rings. The Bertz CT molecular complexity index is 806. The number of unbranched alkanes of at least 4 members (excludes halogenated alkanes) is 1. The molecule has 138 valence electrons. The fourth-order valence-electron chi connectivity index (χ4n) is 2.50. The summed E-state index contributed by atoms with van der Waals surface area (Å²) < 4.78 is 11.1. The number of ether oxygens (including phenoxy) is 2. The summed E-state index contributed by atoms with van der Waals surface area (Å²) in [6, 6.07) is 8.85. The molecule has 0 spiro atoms. The number of allylic oxidation sites excluding steroid dienone is 1. The zero-order valence-electron chi connectivity index (χ0n) is 15.8. The highest BCUT2D eigenvalue weighted by Gasteiger charge is 2.10. The Morgan fingerprint density at radius 3 is 2.54 bits per heavy atom. The highest BCUT2D eigenvalue weighted by atomic mass is 16.5. The van der Waals surface area contributed by atoms with E-state index in [-0.39, 0.29) is 11.5 Å². The molecule has 0 aliphatic rings. The van der Waals surface area contributed by atoms with E-state index in [4.69, 9.17) is 9.47 Å². The highest BCUT2D eigenvalue weighted by Crippen LogP contribution is 2.29. The van der Waals surface area contributed by atoms with Gasteiger partial charge in [0.25, 0.3) is 0 Å². The maximum Gasteiger partial charge on any atom is 0.189 e. The molecule has 4 heteroatoms. The maximum absolute atomic E-state index is 12.4. The van der Waals surface area contributed by atoms with Crippen LogP contribution >= 0.6 is 0 Å². The van der Waals surface area contributed by atoms with Crippen molar-refractivity contribution in [3.63, 3.8) is 0 Å². The maximum atomic E-state index is 12.4.